The van der Waals surface area contributed by atoms with Gasteiger partial charge in [0.2, 0.25) is 0 Å². The van der Waals surface area contributed by atoms with Gasteiger partial charge in [0.05, 0.1) is 28.8 Å². The zero-order valence-corrected chi connectivity index (χ0v) is 17.8. The van der Waals surface area contributed by atoms with Gasteiger partial charge in [0, 0.05) is 17.7 Å². The minimum absolute atomic E-state index is 0.0670. The molecule has 4 rings (SSSR count). The number of carbonyl (C=O) groups is 1. The van der Waals surface area contributed by atoms with Crippen molar-refractivity contribution in [1.29, 1.82) is 5.26 Å². The molecule has 2 aromatic rings. The highest BCUT2D eigenvalue weighted by Gasteiger charge is 2.43. The predicted octanol–water partition coefficient (Wildman–Crippen LogP) is 5.63. The number of allylic oxidation sites excluding steroid dienone is 3. The highest BCUT2D eigenvalue weighted by Crippen LogP contribution is 2.49. The third-order valence-corrected chi connectivity index (χ3v) is 6.10. The number of hydrogen-bond donors (Lipinski definition) is 1. The van der Waals surface area contributed by atoms with Crippen LogP contribution in [0.4, 0.5) is 18.9 Å². The first kappa shape index (κ1) is 21.7. The summed E-state index contributed by atoms with van der Waals surface area (Å²) < 4.78 is 41.4. The van der Waals surface area contributed by atoms with E-state index in [4.69, 9.17) is 5.73 Å². The summed E-state index contributed by atoms with van der Waals surface area (Å²) in [7, 11) is 0. The van der Waals surface area contributed by atoms with Crippen LogP contribution in [0.3, 0.4) is 0 Å². The van der Waals surface area contributed by atoms with Crippen molar-refractivity contribution in [1.82, 2.24) is 0 Å². The van der Waals surface area contributed by atoms with E-state index in [0.29, 0.717) is 24.1 Å². The minimum atomic E-state index is -4.62. The van der Waals surface area contributed by atoms with Crippen LogP contribution in [0.5, 0.6) is 0 Å². The van der Waals surface area contributed by atoms with Crippen LogP contribution in [0.1, 0.15) is 47.4 Å². The Morgan fingerprint density at radius 2 is 1.84 bits per heavy atom. The average Bonchev–Trinajstić information content (AvgIpc) is 2.73. The van der Waals surface area contributed by atoms with Gasteiger partial charge in [-0.1, -0.05) is 35.9 Å². The number of nitrogens with two attached hydrogens (primary N) is 1. The van der Waals surface area contributed by atoms with E-state index in [2.05, 4.69) is 6.07 Å². The average molecular weight is 437 g/mol. The van der Waals surface area contributed by atoms with Crippen LogP contribution in [0.15, 0.2) is 65.1 Å². The maximum absolute atomic E-state index is 13.8. The molecule has 1 heterocycles. The quantitative estimate of drug-likeness (QED) is 0.661. The summed E-state index contributed by atoms with van der Waals surface area (Å²) in [6, 6.07) is 12.9. The SMILES string of the molecule is Cc1ccc(C2C(C#N)=C(N)N(c3ccccc3C(F)(F)F)C3=C2C(=O)CCC3)c(C)c1. The molecule has 164 valence electrons. The zero-order chi connectivity index (χ0) is 23.2. The van der Waals surface area contributed by atoms with Crippen molar-refractivity contribution in [3.63, 3.8) is 0 Å². The molecule has 1 atom stereocenters. The maximum atomic E-state index is 13.8. The Labute approximate surface area is 184 Å². The van der Waals surface area contributed by atoms with Gasteiger partial charge in [-0.3, -0.25) is 9.69 Å². The molecule has 0 bridgehead atoms. The van der Waals surface area contributed by atoms with Crippen LogP contribution in [0.2, 0.25) is 0 Å². The lowest BCUT2D eigenvalue weighted by Gasteiger charge is -2.40. The standard InChI is InChI=1S/C25H22F3N3O/c1-14-10-11-16(15(2)12-14)22-17(13-29)24(30)31(20-8-5-9-21(32)23(20)22)19-7-4-3-6-18(19)25(26,27)28/h3-4,6-7,10-12,22H,5,8-9,30H2,1-2H3. The summed E-state index contributed by atoms with van der Waals surface area (Å²) in [6.45, 7) is 3.84. The van der Waals surface area contributed by atoms with E-state index in [1.165, 1.54) is 23.1 Å². The first-order chi connectivity index (χ1) is 15.1. The topological polar surface area (TPSA) is 70.1 Å². The van der Waals surface area contributed by atoms with E-state index in [0.717, 1.165) is 22.8 Å². The van der Waals surface area contributed by atoms with Gasteiger partial charge in [-0.05, 0) is 49.9 Å². The summed E-state index contributed by atoms with van der Waals surface area (Å²) in [5.41, 5.74) is 8.95. The van der Waals surface area contributed by atoms with Crippen molar-refractivity contribution in [3.8, 4) is 6.07 Å². The number of rotatable bonds is 2. The van der Waals surface area contributed by atoms with E-state index in [1.54, 1.807) is 0 Å². The number of aryl methyl sites for hydroxylation is 2. The van der Waals surface area contributed by atoms with E-state index in [-0.39, 0.29) is 29.3 Å². The second-order valence-electron chi connectivity index (χ2n) is 8.19. The van der Waals surface area contributed by atoms with E-state index < -0.39 is 17.7 Å². The molecular formula is C25H22F3N3O. The Morgan fingerprint density at radius 3 is 2.50 bits per heavy atom. The Bertz CT molecular complexity index is 1220. The molecule has 0 spiro atoms. The fraction of sp³-hybridized carbons (Fsp3) is 0.280. The Kier molecular flexibility index (Phi) is 5.33. The number of para-hydroxylation sites is 1. The molecule has 32 heavy (non-hydrogen) atoms. The van der Waals surface area contributed by atoms with Crippen molar-refractivity contribution in [2.45, 2.75) is 45.2 Å². The molecule has 7 heteroatoms. The summed E-state index contributed by atoms with van der Waals surface area (Å²) >= 11 is 0. The molecule has 0 saturated heterocycles. The first-order valence-electron chi connectivity index (χ1n) is 10.3. The Balaban J connectivity index is 2.02. The number of nitrogens with zero attached hydrogens (tertiary/aromatic N) is 2. The van der Waals surface area contributed by atoms with Gasteiger partial charge in [0.15, 0.2) is 5.78 Å². The molecule has 1 unspecified atom stereocenters. The van der Waals surface area contributed by atoms with Crippen molar-refractivity contribution in [2.24, 2.45) is 5.73 Å². The summed E-state index contributed by atoms with van der Waals surface area (Å²) in [4.78, 5) is 14.4. The summed E-state index contributed by atoms with van der Waals surface area (Å²) in [5, 5.41) is 10.0. The minimum Gasteiger partial charge on any atom is -0.384 e. The highest BCUT2D eigenvalue weighted by molar-refractivity contribution is 6.01. The lowest BCUT2D eigenvalue weighted by molar-refractivity contribution is -0.137. The number of anilines is 1. The second kappa shape index (κ2) is 7.86. The molecule has 0 fully saturated rings. The first-order valence-corrected chi connectivity index (χ1v) is 10.3. The molecule has 2 aromatic carbocycles. The van der Waals surface area contributed by atoms with Gasteiger partial charge >= 0.3 is 6.18 Å². The third kappa shape index (κ3) is 3.46. The van der Waals surface area contributed by atoms with Crippen LogP contribution < -0.4 is 10.6 Å². The van der Waals surface area contributed by atoms with Crippen molar-refractivity contribution < 1.29 is 18.0 Å². The lowest BCUT2D eigenvalue weighted by Crippen LogP contribution is -2.39. The van der Waals surface area contributed by atoms with Crippen LogP contribution in [0.25, 0.3) is 0 Å². The molecule has 0 saturated carbocycles. The number of Topliss-reactive ketones (excluding diaryl/α,β-unsaturated/α-hetero) is 1. The molecule has 1 aliphatic heterocycles. The van der Waals surface area contributed by atoms with E-state index >= 15 is 0 Å². The summed E-state index contributed by atoms with van der Waals surface area (Å²) in [6.07, 6.45) is -3.42. The van der Waals surface area contributed by atoms with Gasteiger partial charge < -0.3 is 5.73 Å². The summed E-state index contributed by atoms with van der Waals surface area (Å²) in [5.74, 6) is -0.925. The predicted molar refractivity (Wildman–Crippen MR) is 115 cm³/mol. The maximum Gasteiger partial charge on any atom is 0.418 e. The van der Waals surface area contributed by atoms with Gasteiger partial charge in [-0.15, -0.1) is 0 Å². The monoisotopic (exact) mass is 437 g/mol. The molecule has 1 aliphatic carbocycles. The molecule has 0 aromatic heterocycles. The zero-order valence-electron chi connectivity index (χ0n) is 17.8. The molecule has 2 N–H and O–H groups in total. The number of nitriles is 1. The van der Waals surface area contributed by atoms with Crippen molar-refractivity contribution in [3.05, 3.63) is 87.4 Å². The normalized spacial score (nSPS) is 19.2. The molecule has 4 nitrogen and oxygen atoms in total. The van der Waals surface area contributed by atoms with Gasteiger partial charge in [0.25, 0.3) is 0 Å². The molecule has 0 radical (unpaired) electrons. The van der Waals surface area contributed by atoms with Crippen LogP contribution in [0, 0.1) is 25.2 Å². The number of alkyl halides is 3. The smallest absolute Gasteiger partial charge is 0.384 e. The molecular weight excluding hydrogens is 415 g/mol. The number of halogens is 3. The van der Waals surface area contributed by atoms with E-state index in [9.17, 15) is 23.2 Å². The van der Waals surface area contributed by atoms with Crippen LogP contribution >= 0.6 is 0 Å². The highest BCUT2D eigenvalue weighted by atomic mass is 19.4. The van der Waals surface area contributed by atoms with Crippen molar-refractivity contribution in [2.75, 3.05) is 4.90 Å². The fourth-order valence-corrected chi connectivity index (χ4v) is 4.73. The van der Waals surface area contributed by atoms with Gasteiger partial charge in [-0.2, -0.15) is 18.4 Å². The fourth-order valence-electron chi connectivity index (χ4n) is 4.73. The van der Waals surface area contributed by atoms with Gasteiger partial charge in [0.1, 0.15) is 5.82 Å². The number of benzene rings is 2. The molecule has 2 aliphatic rings. The number of carbonyl (C=O) groups excluding carboxylic acids is 1. The Hall–Kier alpha value is -3.53. The van der Waals surface area contributed by atoms with Gasteiger partial charge in [-0.25, -0.2) is 0 Å². The molecule has 0 amide bonds. The van der Waals surface area contributed by atoms with E-state index in [1.807, 2.05) is 32.0 Å². The Morgan fingerprint density at radius 1 is 1.12 bits per heavy atom. The lowest BCUT2D eigenvalue weighted by atomic mass is 9.74. The third-order valence-electron chi connectivity index (χ3n) is 6.10. The number of hydrogen-bond acceptors (Lipinski definition) is 4. The largest absolute Gasteiger partial charge is 0.418 e. The second-order valence-corrected chi connectivity index (χ2v) is 8.19. The number of ketones is 1. The van der Waals surface area contributed by atoms with Crippen LogP contribution in [-0.4, -0.2) is 5.78 Å². The van der Waals surface area contributed by atoms with Crippen LogP contribution in [-0.2, 0) is 11.0 Å². The van der Waals surface area contributed by atoms with Crippen molar-refractivity contribution >= 4 is 11.5 Å².